The van der Waals surface area contributed by atoms with Crippen molar-refractivity contribution in [2.75, 3.05) is 18.1 Å². The molecule has 28 heavy (non-hydrogen) atoms. The van der Waals surface area contributed by atoms with Gasteiger partial charge in [-0.1, -0.05) is 36.7 Å². The Morgan fingerprint density at radius 2 is 2.14 bits per heavy atom. The van der Waals surface area contributed by atoms with Crippen LogP contribution in [0.3, 0.4) is 0 Å². The molecule has 2 rings (SSSR count). The lowest BCUT2D eigenvalue weighted by molar-refractivity contribution is 0.147. The van der Waals surface area contributed by atoms with Gasteiger partial charge in [-0.3, -0.25) is 4.90 Å². The highest BCUT2D eigenvalue weighted by molar-refractivity contribution is 9.11. The molecule has 1 aromatic heterocycles. The second-order valence-corrected chi connectivity index (χ2v) is 14.4. The van der Waals surface area contributed by atoms with Crippen LogP contribution in [0, 0.1) is 0 Å². The summed E-state index contributed by atoms with van der Waals surface area (Å²) in [7, 11) is -2.22. The Kier molecular flexibility index (Phi) is 7.41. The van der Waals surface area contributed by atoms with Crippen molar-refractivity contribution in [3.8, 4) is 0 Å². The van der Waals surface area contributed by atoms with Gasteiger partial charge in [0.15, 0.2) is 8.32 Å². The number of hydrogen-bond donors (Lipinski definition) is 1. The van der Waals surface area contributed by atoms with Crippen molar-refractivity contribution in [3.63, 3.8) is 0 Å². The van der Waals surface area contributed by atoms with Gasteiger partial charge >= 0.3 is 6.09 Å². The maximum Gasteiger partial charge on any atom is 0.411 e. The zero-order valence-electron chi connectivity index (χ0n) is 16.7. The molecule has 1 atom stereocenters. The first-order valence-electron chi connectivity index (χ1n) is 8.90. The third kappa shape index (κ3) is 5.40. The van der Waals surface area contributed by atoms with E-state index in [1.165, 1.54) is 11.3 Å². The average Bonchev–Trinajstić information content (AvgIpc) is 2.98. The van der Waals surface area contributed by atoms with Gasteiger partial charge in [0, 0.05) is 5.69 Å². The second kappa shape index (κ2) is 9.02. The molecule has 0 fully saturated rings. The monoisotopic (exact) mass is 488 g/mol. The normalized spacial score (nSPS) is 14.0. The van der Waals surface area contributed by atoms with Crippen LogP contribution in [-0.4, -0.2) is 43.8 Å². The van der Waals surface area contributed by atoms with Crippen LogP contribution in [0.15, 0.2) is 23.2 Å². The van der Waals surface area contributed by atoms with Gasteiger partial charge in [0.2, 0.25) is 0 Å². The number of carbonyl (C=O) groups is 1. The predicted octanol–water partition coefficient (Wildman–Crippen LogP) is 6.51. The fraction of sp³-hybridized carbons (Fsp3) is 0.474. The molecule has 154 valence electrons. The number of alkyl halides is 1. The number of nitrogens with zero attached hydrogens (tertiary/aromatic N) is 2. The van der Waals surface area contributed by atoms with E-state index < -0.39 is 27.2 Å². The summed E-state index contributed by atoms with van der Waals surface area (Å²) in [5, 5.41) is 10.4. The number of thiazole rings is 1. The quantitative estimate of drug-likeness (QED) is 0.451. The van der Waals surface area contributed by atoms with E-state index in [0.29, 0.717) is 5.69 Å². The highest BCUT2D eigenvalue weighted by atomic mass is 79.9. The molecule has 0 aliphatic heterocycles. The standard InChI is InChI=1S/C19H26BrFN2O3SSi/c1-19(2,3)28(4,5)26-14(11-21)12-23(18(24)25)13-6-7-15-16(10-13)27-17(22-15)8-9-20/h6-10,14H,11-12H2,1-5H3,(H,24,25). The third-order valence-electron chi connectivity index (χ3n) is 4.96. The number of benzene rings is 1. The largest absolute Gasteiger partial charge is 0.465 e. The Labute approximate surface area is 178 Å². The summed E-state index contributed by atoms with van der Waals surface area (Å²) in [5.74, 6) is 0. The number of anilines is 1. The Morgan fingerprint density at radius 3 is 2.68 bits per heavy atom. The molecular weight excluding hydrogens is 463 g/mol. The molecule has 1 unspecified atom stereocenters. The first kappa shape index (κ1) is 23.0. The Morgan fingerprint density at radius 1 is 1.46 bits per heavy atom. The highest BCUT2D eigenvalue weighted by Crippen LogP contribution is 2.37. The summed E-state index contributed by atoms with van der Waals surface area (Å²) in [6.45, 7) is 9.47. The molecule has 0 saturated heterocycles. The van der Waals surface area contributed by atoms with Crippen molar-refractivity contribution in [2.45, 2.75) is 45.0 Å². The van der Waals surface area contributed by atoms with Gasteiger partial charge in [-0.2, -0.15) is 0 Å². The average molecular weight is 489 g/mol. The number of aromatic nitrogens is 1. The van der Waals surface area contributed by atoms with Gasteiger partial charge in [0.25, 0.3) is 0 Å². The van der Waals surface area contributed by atoms with E-state index in [9.17, 15) is 14.3 Å². The van der Waals surface area contributed by atoms with E-state index in [1.807, 2.05) is 19.2 Å². The first-order chi connectivity index (χ1) is 13.0. The smallest absolute Gasteiger partial charge is 0.411 e. The van der Waals surface area contributed by atoms with Crippen LogP contribution in [0.1, 0.15) is 25.8 Å². The number of amides is 1. The van der Waals surface area contributed by atoms with Crippen LogP contribution in [0.2, 0.25) is 18.1 Å². The molecule has 5 nitrogen and oxygen atoms in total. The van der Waals surface area contributed by atoms with E-state index in [-0.39, 0.29) is 11.6 Å². The van der Waals surface area contributed by atoms with Gasteiger partial charge in [-0.25, -0.2) is 14.2 Å². The van der Waals surface area contributed by atoms with E-state index in [2.05, 4.69) is 41.7 Å². The highest BCUT2D eigenvalue weighted by Gasteiger charge is 2.39. The van der Waals surface area contributed by atoms with E-state index in [4.69, 9.17) is 4.43 Å². The number of carboxylic acid groups (broad SMARTS) is 1. The fourth-order valence-corrected chi connectivity index (χ4v) is 5.09. The Hall–Kier alpha value is -1.29. The minimum atomic E-state index is -2.22. The van der Waals surface area contributed by atoms with Crippen LogP contribution in [0.25, 0.3) is 16.3 Å². The summed E-state index contributed by atoms with van der Waals surface area (Å²) >= 11 is 4.68. The van der Waals surface area contributed by atoms with Crippen molar-refractivity contribution in [3.05, 3.63) is 28.2 Å². The molecule has 1 N–H and O–H groups in total. The molecule has 0 aliphatic carbocycles. The van der Waals surface area contributed by atoms with Crippen molar-refractivity contribution >= 4 is 63.7 Å². The molecular formula is C19H26BrFN2O3SSi. The van der Waals surface area contributed by atoms with Crippen LogP contribution in [0.4, 0.5) is 14.9 Å². The number of rotatable bonds is 7. The fourth-order valence-electron chi connectivity index (χ4n) is 2.43. The molecule has 9 heteroatoms. The van der Waals surface area contributed by atoms with Crippen molar-refractivity contribution < 1.29 is 18.7 Å². The molecule has 0 bridgehead atoms. The lowest BCUT2D eigenvalue weighted by Gasteiger charge is -2.39. The van der Waals surface area contributed by atoms with Crippen LogP contribution < -0.4 is 4.90 Å². The van der Waals surface area contributed by atoms with E-state index >= 15 is 0 Å². The molecule has 1 amide bonds. The Balaban J connectivity index is 2.29. The summed E-state index contributed by atoms with van der Waals surface area (Å²) in [5.41, 5.74) is 1.27. The van der Waals surface area contributed by atoms with E-state index in [1.54, 1.807) is 23.2 Å². The first-order valence-corrected chi connectivity index (χ1v) is 13.5. The maximum absolute atomic E-state index is 13.7. The summed E-state index contributed by atoms with van der Waals surface area (Å²) in [6, 6.07) is 5.25. The van der Waals surface area contributed by atoms with E-state index in [0.717, 1.165) is 20.1 Å². The third-order valence-corrected chi connectivity index (χ3v) is 10.7. The molecule has 0 aliphatic rings. The molecule has 2 aromatic rings. The SMILES string of the molecule is CC(C)(C)[Si](C)(C)OC(CF)CN(C(=O)O)c1ccc2nc(C=CBr)sc2c1. The van der Waals surface area contributed by atoms with Crippen LogP contribution >= 0.6 is 27.3 Å². The summed E-state index contributed by atoms with van der Waals surface area (Å²) in [6.07, 6.45) is -0.117. The van der Waals surface area contributed by atoms with Crippen LogP contribution in [0.5, 0.6) is 0 Å². The molecule has 0 saturated carbocycles. The van der Waals surface area contributed by atoms with Gasteiger partial charge < -0.3 is 9.53 Å². The minimum absolute atomic E-state index is 0.0587. The minimum Gasteiger partial charge on any atom is -0.465 e. The van der Waals surface area contributed by atoms with Gasteiger partial charge in [-0.15, -0.1) is 11.3 Å². The van der Waals surface area contributed by atoms with Crippen molar-refractivity contribution in [2.24, 2.45) is 0 Å². The number of halogens is 2. The summed E-state index contributed by atoms with van der Waals surface area (Å²) in [4.78, 5) is 19.2. The predicted molar refractivity (Wildman–Crippen MR) is 121 cm³/mol. The summed E-state index contributed by atoms with van der Waals surface area (Å²) < 4.78 is 20.7. The van der Waals surface area contributed by atoms with Crippen molar-refractivity contribution in [1.82, 2.24) is 4.98 Å². The number of fused-ring (bicyclic) bond motifs is 1. The van der Waals surface area contributed by atoms with Crippen LogP contribution in [-0.2, 0) is 4.43 Å². The molecule has 1 aromatic carbocycles. The lowest BCUT2D eigenvalue weighted by atomic mass is 10.2. The van der Waals surface area contributed by atoms with Gasteiger partial charge in [-0.05, 0) is 47.4 Å². The zero-order chi connectivity index (χ0) is 21.1. The second-order valence-electron chi connectivity index (χ2n) is 8.04. The zero-order valence-corrected chi connectivity index (χ0v) is 20.1. The molecule has 1 heterocycles. The Bertz CT molecular complexity index is 866. The molecule has 0 spiro atoms. The van der Waals surface area contributed by atoms with Gasteiger partial charge in [0.1, 0.15) is 11.7 Å². The number of hydrogen-bond acceptors (Lipinski definition) is 4. The lowest BCUT2D eigenvalue weighted by Crippen LogP contribution is -2.48. The van der Waals surface area contributed by atoms with Gasteiger partial charge in [0.05, 0.1) is 22.9 Å². The topological polar surface area (TPSA) is 62.7 Å². The molecule has 0 radical (unpaired) electrons. The maximum atomic E-state index is 13.7. The van der Waals surface area contributed by atoms with Crippen molar-refractivity contribution in [1.29, 1.82) is 0 Å².